The molecule has 1 N–H and O–H groups in total. The van der Waals surface area contributed by atoms with E-state index < -0.39 is 0 Å². The lowest BCUT2D eigenvalue weighted by Gasteiger charge is -2.31. The summed E-state index contributed by atoms with van der Waals surface area (Å²) in [6.45, 7) is 3.03. The fourth-order valence-electron chi connectivity index (χ4n) is 4.87. The van der Waals surface area contributed by atoms with E-state index in [2.05, 4.69) is 34.5 Å². The van der Waals surface area contributed by atoms with Crippen molar-refractivity contribution < 1.29 is 14.1 Å². The van der Waals surface area contributed by atoms with Crippen LogP contribution in [0.3, 0.4) is 0 Å². The summed E-state index contributed by atoms with van der Waals surface area (Å²) in [5.41, 5.74) is 2.44. The number of benzene rings is 1. The first-order valence-electron chi connectivity index (χ1n) is 11.5. The number of piperidine rings is 1. The zero-order chi connectivity index (χ0) is 21.0. The molecule has 3 aromatic rings. The minimum Gasteiger partial charge on any atom is -0.381 e. The highest BCUT2D eigenvalue weighted by Gasteiger charge is 2.30. The molecule has 2 fully saturated rings. The SMILES string of the molecule is O=C(CCCc1c[nH]c2ccccc12)N1CCCC(c2nc(C3CCOCC3)no2)C1. The van der Waals surface area contributed by atoms with Crippen LogP contribution in [0.4, 0.5) is 0 Å². The van der Waals surface area contributed by atoms with Crippen LogP contribution in [0, 0.1) is 0 Å². The highest BCUT2D eigenvalue weighted by atomic mass is 16.5. The van der Waals surface area contributed by atoms with Crippen molar-refractivity contribution in [3.05, 3.63) is 47.7 Å². The van der Waals surface area contributed by atoms with Crippen LogP contribution in [-0.2, 0) is 16.0 Å². The summed E-state index contributed by atoms with van der Waals surface area (Å²) < 4.78 is 11.0. The van der Waals surface area contributed by atoms with Crippen molar-refractivity contribution in [2.24, 2.45) is 0 Å². The second-order valence-corrected chi connectivity index (χ2v) is 8.77. The number of carbonyl (C=O) groups excluding carboxylic acids is 1. The van der Waals surface area contributed by atoms with E-state index in [4.69, 9.17) is 14.2 Å². The van der Waals surface area contributed by atoms with Gasteiger partial charge in [-0.25, -0.2) is 0 Å². The van der Waals surface area contributed by atoms with Crippen LogP contribution >= 0.6 is 0 Å². The molecule has 1 unspecified atom stereocenters. The molecule has 2 aliphatic rings. The first kappa shape index (κ1) is 20.2. The average molecular weight is 423 g/mol. The van der Waals surface area contributed by atoms with Crippen molar-refractivity contribution in [3.8, 4) is 0 Å². The Balaban J connectivity index is 1.15. The number of H-pyrrole nitrogens is 1. The third-order valence-corrected chi connectivity index (χ3v) is 6.68. The van der Waals surface area contributed by atoms with Gasteiger partial charge in [0.1, 0.15) is 0 Å². The number of para-hydroxylation sites is 1. The van der Waals surface area contributed by atoms with Gasteiger partial charge < -0.3 is 19.1 Å². The summed E-state index contributed by atoms with van der Waals surface area (Å²) in [6.07, 6.45) is 8.28. The van der Waals surface area contributed by atoms with Gasteiger partial charge in [-0.2, -0.15) is 4.98 Å². The van der Waals surface area contributed by atoms with E-state index in [1.54, 1.807) is 0 Å². The molecule has 0 bridgehead atoms. The van der Waals surface area contributed by atoms with E-state index in [1.807, 2.05) is 11.0 Å². The Hall–Kier alpha value is -2.67. The van der Waals surface area contributed by atoms with Crippen molar-refractivity contribution in [3.63, 3.8) is 0 Å². The third kappa shape index (κ3) is 4.51. The van der Waals surface area contributed by atoms with Gasteiger partial charge in [-0.05, 0) is 50.2 Å². The molecule has 1 aromatic carbocycles. The van der Waals surface area contributed by atoms with Gasteiger partial charge in [-0.1, -0.05) is 23.4 Å². The van der Waals surface area contributed by atoms with Crippen LogP contribution < -0.4 is 0 Å². The summed E-state index contributed by atoms with van der Waals surface area (Å²) >= 11 is 0. The summed E-state index contributed by atoms with van der Waals surface area (Å²) in [5.74, 6) is 2.21. The quantitative estimate of drug-likeness (QED) is 0.644. The number of hydrogen-bond acceptors (Lipinski definition) is 5. The number of nitrogens with one attached hydrogen (secondary N) is 1. The lowest BCUT2D eigenvalue weighted by Crippen LogP contribution is -2.39. The zero-order valence-electron chi connectivity index (χ0n) is 17.9. The monoisotopic (exact) mass is 422 g/mol. The van der Waals surface area contributed by atoms with Crippen molar-refractivity contribution in [2.75, 3.05) is 26.3 Å². The summed E-state index contributed by atoms with van der Waals surface area (Å²) in [6, 6.07) is 8.32. The van der Waals surface area contributed by atoms with E-state index in [9.17, 15) is 4.79 Å². The van der Waals surface area contributed by atoms with Gasteiger partial charge in [0, 0.05) is 55.7 Å². The maximum absolute atomic E-state index is 12.9. The fourth-order valence-corrected chi connectivity index (χ4v) is 4.87. The Morgan fingerprint density at radius 1 is 1.16 bits per heavy atom. The van der Waals surface area contributed by atoms with Crippen LogP contribution in [0.1, 0.15) is 67.6 Å². The number of aryl methyl sites for hydroxylation is 1. The van der Waals surface area contributed by atoms with Crippen molar-refractivity contribution in [2.45, 2.75) is 56.8 Å². The molecule has 1 amide bonds. The molecule has 0 spiro atoms. The number of ether oxygens (including phenoxy) is 1. The zero-order valence-corrected chi connectivity index (χ0v) is 17.9. The highest BCUT2D eigenvalue weighted by Crippen LogP contribution is 2.30. The fraction of sp³-hybridized carbons (Fsp3) is 0.542. The number of likely N-dealkylation sites (tertiary alicyclic amines) is 1. The second-order valence-electron chi connectivity index (χ2n) is 8.77. The Morgan fingerprint density at radius 2 is 2.03 bits per heavy atom. The number of aromatic amines is 1. The first-order chi connectivity index (χ1) is 15.3. The third-order valence-electron chi connectivity index (χ3n) is 6.68. The van der Waals surface area contributed by atoms with E-state index in [-0.39, 0.29) is 11.8 Å². The molecule has 7 heteroatoms. The van der Waals surface area contributed by atoms with Gasteiger partial charge in [0.2, 0.25) is 11.8 Å². The number of fused-ring (bicyclic) bond motifs is 1. The molecule has 0 radical (unpaired) electrons. The number of rotatable bonds is 6. The van der Waals surface area contributed by atoms with Gasteiger partial charge in [-0.3, -0.25) is 4.79 Å². The maximum atomic E-state index is 12.9. The molecule has 2 aromatic heterocycles. The Bertz CT molecular complexity index is 1020. The number of aromatic nitrogens is 3. The van der Waals surface area contributed by atoms with E-state index in [0.717, 1.165) is 69.6 Å². The molecule has 1 atom stereocenters. The highest BCUT2D eigenvalue weighted by molar-refractivity contribution is 5.83. The van der Waals surface area contributed by atoms with E-state index >= 15 is 0 Å². The van der Waals surface area contributed by atoms with Gasteiger partial charge >= 0.3 is 0 Å². The predicted molar refractivity (Wildman–Crippen MR) is 117 cm³/mol. The summed E-state index contributed by atoms with van der Waals surface area (Å²) in [5, 5.41) is 5.49. The minimum absolute atomic E-state index is 0.146. The smallest absolute Gasteiger partial charge is 0.231 e. The first-order valence-corrected chi connectivity index (χ1v) is 11.5. The van der Waals surface area contributed by atoms with Crippen LogP contribution in [0.25, 0.3) is 10.9 Å². The lowest BCUT2D eigenvalue weighted by atomic mass is 9.96. The van der Waals surface area contributed by atoms with Gasteiger partial charge in [0.25, 0.3) is 0 Å². The topological polar surface area (TPSA) is 84.2 Å². The van der Waals surface area contributed by atoms with Gasteiger partial charge in [-0.15, -0.1) is 0 Å². The van der Waals surface area contributed by atoms with Crippen molar-refractivity contribution in [1.29, 1.82) is 0 Å². The molecular formula is C24H30N4O3. The Morgan fingerprint density at radius 3 is 2.94 bits per heavy atom. The number of amides is 1. The molecule has 2 saturated heterocycles. The van der Waals surface area contributed by atoms with Crippen molar-refractivity contribution in [1.82, 2.24) is 20.0 Å². The van der Waals surface area contributed by atoms with E-state index in [1.165, 1.54) is 10.9 Å². The Kier molecular flexibility index (Phi) is 6.02. The molecule has 5 rings (SSSR count). The molecule has 0 aliphatic carbocycles. The standard InChI is InChI=1S/C24H30N4O3/c29-22(9-3-5-18-15-25-21-8-2-1-7-20(18)21)28-12-4-6-19(16-28)24-26-23(27-31-24)17-10-13-30-14-11-17/h1-2,7-8,15,17,19,25H,3-6,9-14,16H2. The average Bonchev–Trinajstić information content (AvgIpc) is 3.48. The van der Waals surface area contributed by atoms with Crippen molar-refractivity contribution >= 4 is 16.8 Å². The van der Waals surface area contributed by atoms with E-state index in [0.29, 0.717) is 24.8 Å². The van der Waals surface area contributed by atoms with Crippen LogP contribution in [0.2, 0.25) is 0 Å². The maximum Gasteiger partial charge on any atom is 0.231 e. The second kappa shape index (κ2) is 9.22. The molecule has 4 heterocycles. The van der Waals surface area contributed by atoms with Crippen LogP contribution in [-0.4, -0.2) is 52.2 Å². The minimum atomic E-state index is 0.146. The lowest BCUT2D eigenvalue weighted by molar-refractivity contribution is -0.132. The molecule has 0 saturated carbocycles. The Labute approximate surface area is 182 Å². The predicted octanol–water partition coefficient (Wildman–Crippen LogP) is 4.17. The van der Waals surface area contributed by atoms with Gasteiger partial charge in [0.05, 0.1) is 5.92 Å². The van der Waals surface area contributed by atoms with Gasteiger partial charge in [0.15, 0.2) is 5.82 Å². The normalized spacial score (nSPS) is 20.4. The van der Waals surface area contributed by atoms with Crippen LogP contribution in [0.15, 0.2) is 35.0 Å². The summed E-state index contributed by atoms with van der Waals surface area (Å²) in [4.78, 5) is 22.9. The molecular weight excluding hydrogens is 392 g/mol. The molecule has 7 nitrogen and oxygen atoms in total. The number of carbonyl (C=O) groups is 1. The summed E-state index contributed by atoms with van der Waals surface area (Å²) in [7, 11) is 0. The number of hydrogen-bond donors (Lipinski definition) is 1. The number of nitrogens with zero attached hydrogens (tertiary/aromatic N) is 3. The molecule has 2 aliphatic heterocycles. The largest absolute Gasteiger partial charge is 0.381 e. The molecule has 31 heavy (non-hydrogen) atoms. The van der Waals surface area contributed by atoms with Crippen LogP contribution in [0.5, 0.6) is 0 Å². The molecule has 164 valence electrons.